The van der Waals surface area contributed by atoms with E-state index in [2.05, 4.69) is 21.5 Å². The van der Waals surface area contributed by atoms with Crippen LogP contribution < -0.4 is 5.32 Å². The van der Waals surface area contributed by atoms with Gasteiger partial charge < -0.3 is 5.32 Å². The molecule has 0 saturated heterocycles. The summed E-state index contributed by atoms with van der Waals surface area (Å²) in [5, 5.41) is 16.6. The summed E-state index contributed by atoms with van der Waals surface area (Å²) in [5.74, 6) is 0.651. The van der Waals surface area contributed by atoms with Crippen molar-refractivity contribution in [1.82, 2.24) is 14.8 Å². The van der Waals surface area contributed by atoms with Crippen LogP contribution >= 0.6 is 0 Å². The Morgan fingerprint density at radius 1 is 1.39 bits per heavy atom. The quantitative estimate of drug-likeness (QED) is 0.882. The highest BCUT2D eigenvalue weighted by Gasteiger charge is 2.45. The van der Waals surface area contributed by atoms with E-state index in [0.29, 0.717) is 11.4 Å². The summed E-state index contributed by atoms with van der Waals surface area (Å²) in [4.78, 5) is 4.20. The number of pyridine rings is 1. The SMILES string of the molecule is N#Cc1cccnc1NCC1(n2cccn2)CC1. The van der Waals surface area contributed by atoms with Gasteiger partial charge in [0, 0.05) is 25.1 Å². The first-order chi connectivity index (χ1) is 8.84. The van der Waals surface area contributed by atoms with Gasteiger partial charge in [0.05, 0.1) is 11.1 Å². The number of anilines is 1. The lowest BCUT2D eigenvalue weighted by molar-refractivity contribution is 0.453. The molecule has 3 rings (SSSR count). The fourth-order valence-corrected chi connectivity index (χ4v) is 2.07. The molecule has 0 radical (unpaired) electrons. The Kier molecular flexibility index (Phi) is 2.49. The lowest BCUT2D eigenvalue weighted by atomic mass is 10.2. The highest BCUT2D eigenvalue weighted by atomic mass is 15.3. The molecule has 2 heterocycles. The molecule has 2 aromatic rings. The number of nitrogens with one attached hydrogen (secondary N) is 1. The molecule has 0 spiro atoms. The van der Waals surface area contributed by atoms with Gasteiger partial charge in [0.25, 0.3) is 0 Å². The zero-order valence-electron chi connectivity index (χ0n) is 9.87. The van der Waals surface area contributed by atoms with Crippen molar-refractivity contribution in [2.24, 2.45) is 0 Å². The molecule has 0 bridgehead atoms. The van der Waals surface area contributed by atoms with E-state index >= 15 is 0 Å². The van der Waals surface area contributed by atoms with Crippen molar-refractivity contribution in [2.45, 2.75) is 18.4 Å². The minimum Gasteiger partial charge on any atom is -0.367 e. The van der Waals surface area contributed by atoms with E-state index in [4.69, 9.17) is 5.26 Å². The van der Waals surface area contributed by atoms with Crippen LogP contribution in [-0.2, 0) is 5.54 Å². The third kappa shape index (κ3) is 1.82. The molecule has 1 aliphatic carbocycles. The zero-order chi connectivity index (χ0) is 12.4. The summed E-state index contributed by atoms with van der Waals surface area (Å²) in [6, 6.07) is 7.61. The highest BCUT2D eigenvalue weighted by molar-refractivity contribution is 5.51. The predicted molar refractivity (Wildman–Crippen MR) is 66.9 cm³/mol. The van der Waals surface area contributed by atoms with Gasteiger partial charge in [0.2, 0.25) is 0 Å². The Balaban J connectivity index is 1.74. The first kappa shape index (κ1) is 10.8. The third-order valence-corrected chi connectivity index (χ3v) is 3.33. The molecule has 5 heteroatoms. The van der Waals surface area contributed by atoms with Gasteiger partial charge in [-0.15, -0.1) is 0 Å². The minimum absolute atomic E-state index is 0.0632. The van der Waals surface area contributed by atoms with Gasteiger partial charge in [-0.2, -0.15) is 10.4 Å². The van der Waals surface area contributed by atoms with Crippen LogP contribution in [0.3, 0.4) is 0 Å². The van der Waals surface area contributed by atoms with Crippen molar-refractivity contribution in [1.29, 1.82) is 5.26 Å². The molecule has 0 unspecified atom stereocenters. The maximum atomic E-state index is 9.00. The Hall–Kier alpha value is -2.35. The molecule has 0 atom stereocenters. The van der Waals surface area contributed by atoms with Gasteiger partial charge in [-0.3, -0.25) is 4.68 Å². The smallest absolute Gasteiger partial charge is 0.143 e. The van der Waals surface area contributed by atoms with E-state index in [9.17, 15) is 0 Å². The fraction of sp³-hybridized carbons (Fsp3) is 0.308. The average molecular weight is 239 g/mol. The summed E-state index contributed by atoms with van der Waals surface area (Å²) < 4.78 is 2.00. The molecule has 0 amide bonds. The summed E-state index contributed by atoms with van der Waals surface area (Å²) >= 11 is 0. The zero-order valence-corrected chi connectivity index (χ0v) is 9.87. The largest absolute Gasteiger partial charge is 0.367 e. The van der Waals surface area contributed by atoms with Crippen molar-refractivity contribution in [3.05, 3.63) is 42.4 Å². The fourth-order valence-electron chi connectivity index (χ4n) is 2.07. The van der Waals surface area contributed by atoms with Crippen molar-refractivity contribution < 1.29 is 0 Å². The number of hydrogen-bond acceptors (Lipinski definition) is 4. The Morgan fingerprint density at radius 3 is 2.94 bits per heavy atom. The van der Waals surface area contributed by atoms with E-state index in [1.165, 1.54) is 0 Å². The first-order valence-electron chi connectivity index (χ1n) is 5.93. The average Bonchev–Trinajstić information content (AvgIpc) is 3.00. The van der Waals surface area contributed by atoms with Gasteiger partial charge in [-0.1, -0.05) is 0 Å². The number of hydrogen-bond donors (Lipinski definition) is 1. The van der Waals surface area contributed by atoms with Crippen LogP contribution in [0.15, 0.2) is 36.8 Å². The van der Waals surface area contributed by atoms with Crippen LogP contribution in [-0.4, -0.2) is 21.3 Å². The van der Waals surface area contributed by atoms with Crippen molar-refractivity contribution >= 4 is 5.82 Å². The number of nitrogens with zero attached hydrogens (tertiary/aromatic N) is 4. The maximum absolute atomic E-state index is 9.00. The molecule has 18 heavy (non-hydrogen) atoms. The summed E-state index contributed by atoms with van der Waals surface area (Å²) in [5.41, 5.74) is 0.641. The standard InChI is InChI=1S/C13H13N5/c14-9-11-3-1-6-15-12(11)16-10-13(4-5-13)18-8-2-7-17-18/h1-3,6-8H,4-5,10H2,(H,15,16). The lowest BCUT2D eigenvalue weighted by Gasteiger charge is -2.17. The van der Waals surface area contributed by atoms with E-state index in [-0.39, 0.29) is 5.54 Å². The summed E-state index contributed by atoms with van der Waals surface area (Å²) in [6.45, 7) is 0.750. The molecule has 0 aliphatic heterocycles. The molecule has 0 aromatic carbocycles. The van der Waals surface area contributed by atoms with E-state index < -0.39 is 0 Å². The molecular formula is C13H13N5. The first-order valence-corrected chi connectivity index (χ1v) is 5.93. The summed E-state index contributed by atoms with van der Waals surface area (Å²) in [6.07, 6.45) is 7.68. The molecule has 2 aromatic heterocycles. The van der Waals surface area contributed by atoms with Crippen LogP contribution in [0.5, 0.6) is 0 Å². The van der Waals surface area contributed by atoms with E-state index in [1.54, 1.807) is 24.5 Å². The van der Waals surface area contributed by atoms with Crippen LogP contribution in [0.4, 0.5) is 5.82 Å². The minimum atomic E-state index is 0.0632. The molecule has 5 nitrogen and oxygen atoms in total. The topological polar surface area (TPSA) is 66.5 Å². The van der Waals surface area contributed by atoms with Gasteiger partial charge >= 0.3 is 0 Å². The van der Waals surface area contributed by atoms with Gasteiger partial charge in [0.1, 0.15) is 11.9 Å². The predicted octanol–water partition coefficient (Wildman–Crippen LogP) is 1.75. The highest BCUT2D eigenvalue weighted by Crippen LogP contribution is 2.42. The van der Waals surface area contributed by atoms with E-state index in [1.807, 2.05) is 16.9 Å². The molecule has 1 fully saturated rings. The number of nitriles is 1. The van der Waals surface area contributed by atoms with Crippen LogP contribution in [0.25, 0.3) is 0 Å². The Morgan fingerprint density at radius 2 is 2.28 bits per heavy atom. The Labute approximate surface area is 105 Å². The molecule has 1 aliphatic rings. The third-order valence-electron chi connectivity index (χ3n) is 3.33. The lowest BCUT2D eigenvalue weighted by Crippen LogP contribution is -2.27. The molecule has 1 N–H and O–H groups in total. The number of aromatic nitrogens is 3. The Bertz CT molecular complexity index is 578. The summed E-state index contributed by atoms with van der Waals surface area (Å²) in [7, 11) is 0. The van der Waals surface area contributed by atoms with Crippen molar-refractivity contribution in [2.75, 3.05) is 11.9 Å². The van der Waals surface area contributed by atoms with Gasteiger partial charge in [-0.05, 0) is 31.0 Å². The monoisotopic (exact) mass is 239 g/mol. The van der Waals surface area contributed by atoms with E-state index in [0.717, 1.165) is 19.4 Å². The van der Waals surface area contributed by atoms with Crippen LogP contribution in [0, 0.1) is 11.3 Å². The van der Waals surface area contributed by atoms with Crippen LogP contribution in [0.2, 0.25) is 0 Å². The second-order valence-corrected chi connectivity index (χ2v) is 4.54. The van der Waals surface area contributed by atoms with Crippen molar-refractivity contribution in [3.63, 3.8) is 0 Å². The second-order valence-electron chi connectivity index (χ2n) is 4.54. The second kappa shape index (κ2) is 4.15. The molecule has 1 saturated carbocycles. The molecular weight excluding hydrogens is 226 g/mol. The van der Waals surface area contributed by atoms with Crippen LogP contribution in [0.1, 0.15) is 18.4 Å². The maximum Gasteiger partial charge on any atom is 0.143 e. The van der Waals surface area contributed by atoms with Gasteiger partial charge in [-0.25, -0.2) is 4.98 Å². The van der Waals surface area contributed by atoms with Gasteiger partial charge in [0.15, 0.2) is 0 Å². The molecule has 90 valence electrons. The normalized spacial score (nSPS) is 15.9. The van der Waals surface area contributed by atoms with Crippen molar-refractivity contribution in [3.8, 4) is 6.07 Å². The number of rotatable bonds is 4.